The van der Waals surface area contributed by atoms with E-state index in [1.165, 1.54) is 6.07 Å². The van der Waals surface area contributed by atoms with Crippen molar-refractivity contribution in [3.8, 4) is 5.75 Å². The molecule has 3 aromatic rings. The molecule has 4 nitrogen and oxygen atoms in total. The van der Waals surface area contributed by atoms with Gasteiger partial charge < -0.3 is 14.6 Å². The Morgan fingerprint density at radius 2 is 1.88 bits per heavy atom. The number of fused-ring (bicyclic) bond motifs is 1. The Kier molecular flexibility index (Phi) is 4.97. The van der Waals surface area contributed by atoms with Gasteiger partial charge in [0.05, 0.1) is 5.56 Å². The van der Waals surface area contributed by atoms with Crippen LogP contribution < -0.4 is 10.1 Å². The van der Waals surface area contributed by atoms with Crippen LogP contribution in [0.4, 0.5) is 8.78 Å². The fraction of sp³-hybridized carbons (Fsp3) is 0.211. The van der Waals surface area contributed by atoms with E-state index in [4.69, 9.17) is 0 Å². The molecule has 25 heavy (non-hydrogen) atoms. The zero-order chi connectivity index (χ0) is 17.8. The summed E-state index contributed by atoms with van der Waals surface area (Å²) in [5, 5.41) is 3.64. The number of benzene rings is 2. The number of nitrogens with one attached hydrogen (secondary N) is 1. The fourth-order valence-corrected chi connectivity index (χ4v) is 2.82. The summed E-state index contributed by atoms with van der Waals surface area (Å²) in [7, 11) is 0. The van der Waals surface area contributed by atoms with Gasteiger partial charge in [0.1, 0.15) is 5.75 Å². The van der Waals surface area contributed by atoms with Crippen molar-refractivity contribution in [2.75, 3.05) is 0 Å². The van der Waals surface area contributed by atoms with Crippen LogP contribution in [-0.2, 0) is 13.1 Å². The smallest absolute Gasteiger partial charge is 0.387 e. The SMILES string of the molecule is CCn1cc(C(=O)NCc2ccccc2OC(F)F)c2ccccc21. The number of rotatable bonds is 6. The maximum absolute atomic E-state index is 12.6. The number of nitrogens with zero attached hydrogens (tertiary/aromatic N) is 1. The minimum Gasteiger partial charge on any atom is -0.434 e. The molecule has 0 unspecified atom stereocenters. The van der Waals surface area contributed by atoms with Gasteiger partial charge in [0, 0.05) is 35.8 Å². The Bertz CT molecular complexity index is 890. The molecule has 0 atom stereocenters. The van der Waals surface area contributed by atoms with Gasteiger partial charge >= 0.3 is 6.61 Å². The molecule has 1 heterocycles. The van der Waals surface area contributed by atoms with Crippen molar-refractivity contribution in [2.45, 2.75) is 26.6 Å². The van der Waals surface area contributed by atoms with Crippen LogP contribution in [-0.4, -0.2) is 17.1 Å². The molecule has 1 N–H and O–H groups in total. The molecule has 3 rings (SSSR count). The standard InChI is InChI=1S/C19H18F2N2O2/c1-2-23-12-15(14-8-4-5-9-16(14)23)18(24)22-11-13-7-3-6-10-17(13)25-19(20)21/h3-10,12,19H,2,11H2,1H3,(H,22,24). The maximum Gasteiger partial charge on any atom is 0.387 e. The van der Waals surface area contributed by atoms with Crippen molar-refractivity contribution >= 4 is 16.8 Å². The summed E-state index contributed by atoms with van der Waals surface area (Å²) in [6.45, 7) is -0.0440. The second-order valence-electron chi connectivity index (χ2n) is 5.51. The lowest BCUT2D eigenvalue weighted by Crippen LogP contribution is -2.23. The Morgan fingerprint density at radius 1 is 1.16 bits per heavy atom. The lowest BCUT2D eigenvalue weighted by atomic mass is 10.1. The number of alkyl halides is 2. The van der Waals surface area contributed by atoms with Crippen LogP contribution >= 0.6 is 0 Å². The van der Waals surface area contributed by atoms with E-state index >= 15 is 0 Å². The summed E-state index contributed by atoms with van der Waals surface area (Å²) in [6, 6.07) is 14.1. The number of halogens is 2. The molecule has 0 aliphatic rings. The number of amides is 1. The Morgan fingerprint density at radius 3 is 2.64 bits per heavy atom. The van der Waals surface area contributed by atoms with E-state index < -0.39 is 6.61 Å². The van der Waals surface area contributed by atoms with Crippen LogP contribution in [0.5, 0.6) is 5.75 Å². The minimum absolute atomic E-state index is 0.0637. The van der Waals surface area contributed by atoms with Crippen molar-refractivity contribution in [1.29, 1.82) is 0 Å². The highest BCUT2D eigenvalue weighted by atomic mass is 19.3. The molecular weight excluding hydrogens is 326 g/mol. The van der Waals surface area contributed by atoms with E-state index in [9.17, 15) is 13.6 Å². The van der Waals surface area contributed by atoms with Gasteiger partial charge in [-0.05, 0) is 19.1 Å². The normalized spacial score (nSPS) is 11.0. The van der Waals surface area contributed by atoms with E-state index in [2.05, 4.69) is 10.1 Å². The summed E-state index contributed by atoms with van der Waals surface area (Å²) in [6.07, 6.45) is 1.81. The molecule has 0 fully saturated rings. The third-order valence-corrected chi connectivity index (χ3v) is 4.00. The van der Waals surface area contributed by atoms with Crippen LogP contribution in [0.3, 0.4) is 0 Å². The first-order valence-corrected chi connectivity index (χ1v) is 7.99. The van der Waals surface area contributed by atoms with E-state index in [0.717, 1.165) is 17.4 Å². The average molecular weight is 344 g/mol. The van der Waals surface area contributed by atoms with Gasteiger partial charge in [-0.3, -0.25) is 4.79 Å². The molecule has 6 heteroatoms. The fourth-order valence-electron chi connectivity index (χ4n) is 2.82. The highest BCUT2D eigenvalue weighted by Crippen LogP contribution is 2.23. The van der Waals surface area contributed by atoms with Gasteiger partial charge in [-0.2, -0.15) is 8.78 Å². The first kappa shape index (κ1) is 17.0. The van der Waals surface area contributed by atoms with Gasteiger partial charge in [-0.25, -0.2) is 0 Å². The summed E-state index contributed by atoms with van der Waals surface area (Å²) < 4.78 is 31.4. The van der Waals surface area contributed by atoms with E-state index in [-0.39, 0.29) is 18.2 Å². The number of aromatic nitrogens is 1. The lowest BCUT2D eigenvalue weighted by molar-refractivity contribution is -0.0504. The average Bonchev–Trinajstić information content (AvgIpc) is 2.99. The van der Waals surface area contributed by atoms with Crippen LogP contribution in [0.25, 0.3) is 10.9 Å². The van der Waals surface area contributed by atoms with Gasteiger partial charge in [0.25, 0.3) is 5.91 Å². The zero-order valence-corrected chi connectivity index (χ0v) is 13.7. The van der Waals surface area contributed by atoms with Crippen molar-refractivity contribution in [3.05, 3.63) is 65.9 Å². The monoisotopic (exact) mass is 344 g/mol. The largest absolute Gasteiger partial charge is 0.434 e. The van der Waals surface area contributed by atoms with Crippen LogP contribution in [0, 0.1) is 0 Å². The van der Waals surface area contributed by atoms with E-state index in [1.54, 1.807) is 18.2 Å². The molecule has 0 spiro atoms. The van der Waals surface area contributed by atoms with Gasteiger partial charge in [-0.1, -0.05) is 36.4 Å². The highest BCUT2D eigenvalue weighted by Gasteiger charge is 2.15. The number of ether oxygens (including phenoxy) is 1. The number of hydrogen-bond donors (Lipinski definition) is 1. The molecule has 1 aromatic heterocycles. The molecule has 0 saturated carbocycles. The predicted molar refractivity (Wildman–Crippen MR) is 91.9 cm³/mol. The van der Waals surface area contributed by atoms with Gasteiger partial charge in [0.15, 0.2) is 0 Å². The second kappa shape index (κ2) is 7.34. The minimum atomic E-state index is -2.90. The lowest BCUT2D eigenvalue weighted by Gasteiger charge is -2.11. The third-order valence-electron chi connectivity index (χ3n) is 4.00. The predicted octanol–water partition coefficient (Wildman–Crippen LogP) is 4.19. The molecule has 0 bridgehead atoms. The molecule has 0 radical (unpaired) electrons. The highest BCUT2D eigenvalue weighted by molar-refractivity contribution is 6.07. The maximum atomic E-state index is 12.6. The molecule has 0 aliphatic carbocycles. The number of aryl methyl sites for hydroxylation is 1. The Labute approximate surface area is 144 Å². The Hall–Kier alpha value is -2.89. The zero-order valence-electron chi connectivity index (χ0n) is 13.7. The van der Waals surface area contributed by atoms with E-state index in [0.29, 0.717) is 11.1 Å². The molecule has 1 amide bonds. The van der Waals surface area contributed by atoms with Crippen LogP contribution in [0.1, 0.15) is 22.8 Å². The molecule has 0 aliphatic heterocycles. The summed E-state index contributed by atoms with van der Waals surface area (Å²) >= 11 is 0. The third kappa shape index (κ3) is 3.63. The van der Waals surface area contributed by atoms with Crippen molar-refractivity contribution < 1.29 is 18.3 Å². The number of hydrogen-bond acceptors (Lipinski definition) is 2. The summed E-state index contributed by atoms with van der Waals surface area (Å²) in [5.41, 5.74) is 2.04. The van der Waals surface area contributed by atoms with Gasteiger partial charge in [-0.15, -0.1) is 0 Å². The van der Waals surface area contributed by atoms with Crippen LogP contribution in [0.2, 0.25) is 0 Å². The number of carbonyl (C=O) groups is 1. The van der Waals surface area contributed by atoms with Crippen molar-refractivity contribution in [2.24, 2.45) is 0 Å². The second-order valence-corrected chi connectivity index (χ2v) is 5.51. The molecule has 130 valence electrons. The van der Waals surface area contributed by atoms with E-state index in [1.807, 2.05) is 42.0 Å². The topological polar surface area (TPSA) is 43.3 Å². The molecular formula is C19H18F2N2O2. The Balaban J connectivity index is 1.80. The van der Waals surface area contributed by atoms with Crippen molar-refractivity contribution in [1.82, 2.24) is 9.88 Å². The summed E-state index contributed by atoms with van der Waals surface area (Å²) in [4.78, 5) is 12.6. The van der Waals surface area contributed by atoms with Crippen molar-refractivity contribution in [3.63, 3.8) is 0 Å². The first-order chi connectivity index (χ1) is 12.1. The molecule has 2 aromatic carbocycles. The van der Waals surface area contributed by atoms with Crippen LogP contribution in [0.15, 0.2) is 54.7 Å². The quantitative estimate of drug-likeness (QED) is 0.728. The number of carbonyl (C=O) groups excluding carboxylic acids is 1. The summed E-state index contributed by atoms with van der Waals surface area (Å²) in [5.74, 6) is -0.191. The molecule has 0 saturated heterocycles. The van der Waals surface area contributed by atoms with Gasteiger partial charge in [0.2, 0.25) is 0 Å². The first-order valence-electron chi connectivity index (χ1n) is 7.99. The number of para-hydroxylation sites is 2.